The second-order valence-corrected chi connectivity index (χ2v) is 5.61. The van der Waals surface area contributed by atoms with Crippen LogP contribution in [0.25, 0.3) is 0 Å². The van der Waals surface area contributed by atoms with Gasteiger partial charge in [-0.2, -0.15) is 0 Å². The van der Waals surface area contributed by atoms with Gasteiger partial charge in [-0.3, -0.25) is 0 Å². The third kappa shape index (κ3) is 3.30. The first kappa shape index (κ1) is 15.3. The number of hydrogen-bond donors (Lipinski definition) is 1. The van der Waals surface area contributed by atoms with Crippen LogP contribution in [0.1, 0.15) is 43.9 Å². The van der Waals surface area contributed by atoms with Crippen molar-refractivity contribution in [2.24, 2.45) is 5.73 Å². The molecule has 1 aliphatic heterocycles. The Morgan fingerprint density at radius 1 is 1.50 bits per heavy atom. The Bertz CT molecular complexity index is 460. The number of nitrogens with two attached hydrogens (primary N) is 1. The maximum Gasteiger partial charge on any atom is 0.126 e. The molecule has 1 fully saturated rings. The van der Waals surface area contributed by atoms with Gasteiger partial charge < -0.3 is 15.4 Å². The molecule has 1 aromatic rings. The van der Waals surface area contributed by atoms with Gasteiger partial charge in [-0.1, -0.05) is 0 Å². The van der Waals surface area contributed by atoms with Gasteiger partial charge in [0.2, 0.25) is 0 Å². The third-order valence-corrected chi connectivity index (χ3v) is 3.92. The highest BCUT2D eigenvalue weighted by Gasteiger charge is 2.23. The Morgan fingerprint density at radius 3 is 2.90 bits per heavy atom. The van der Waals surface area contributed by atoms with E-state index in [2.05, 4.69) is 4.90 Å². The SMILES string of the molecule is CCOC1CCCN(c2cc(C)c(F)cc2C(C)N)C1. The smallest absolute Gasteiger partial charge is 0.126 e. The minimum Gasteiger partial charge on any atom is -0.377 e. The molecule has 0 aliphatic carbocycles. The number of hydrogen-bond acceptors (Lipinski definition) is 3. The maximum atomic E-state index is 13.8. The molecule has 0 aromatic heterocycles. The molecule has 2 atom stereocenters. The first-order valence-electron chi connectivity index (χ1n) is 7.45. The van der Waals surface area contributed by atoms with Gasteiger partial charge in [0.25, 0.3) is 0 Å². The minimum absolute atomic E-state index is 0.174. The van der Waals surface area contributed by atoms with Crippen LogP contribution in [0.2, 0.25) is 0 Å². The zero-order chi connectivity index (χ0) is 14.7. The van der Waals surface area contributed by atoms with Crippen LogP contribution in [0.3, 0.4) is 0 Å². The molecule has 0 spiro atoms. The molecule has 1 aliphatic rings. The van der Waals surface area contributed by atoms with E-state index in [1.165, 1.54) is 0 Å². The van der Waals surface area contributed by atoms with Crippen LogP contribution in [0.15, 0.2) is 12.1 Å². The molecule has 0 bridgehead atoms. The number of ether oxygens (including phenoxy) is 1. The molecule has 2 N–H and O–H groups in total. The number of rotatable bonds is 4. The van der Waals surface area contributed by atoms with Gasteiger partial charge in [0, 0.05) is 31.4 Å². The van der Waals surface area contributed by atoms with Gasteiger partial charge in [-0.15, -0.1) is 0 Å². The summed E-state index contributed by atoms with van der Waals surface area (Å²) in [4.78, 5) is 2.29. The summed E-state index contributed by atoms with van der Waals surface area (Å²) in [7, 11) is 0. The zero-order valence-corrected chi connectivity index (χ0v) is 12.7. The van der Waals surface area contributed by atoms with Crippen molar-refractivity contribution in [1.29, 1.82) is 0 Å². The average molecular weight is 280 g/mol. The number of aryl methyl sites for hydroxylation is 1. The molecule has 2 rings (SSSR count). The van der Waals surface area contributed by atoms with Crippen LogP contribution < -0.4 is 10.6 Å². The average Bonchev–Trinajstić information content (AvgIpc) is 2.42. The van der Waals surface area contributed by atoms with E-state index in [0.29, 0.717) is 5.56 Å². The number of halogens is 1. The van der Waals surface area contributed by atoms with Crippen molar-refractivity contribution in [3.05, 3.63) is 29.1 Å². The lowest BCUT2D eigenvalue weighted by Crippen LogP contribution is -2.40. The fourth-order valence-corrected chi connectivity index (χ4v) is 2.85. The van der Waals surface area contributed by atoms with E-state index < -0.39 is 0 Å². The monoisotopic (exact) mass is 280 g/mol. The van der Waals surface area contributed by atoms with Crippen molar-refractivity contribution in [2.45, 2.75) is 45.8 Å². The van der Waals surface area contributed by atoms with E-state index in [1.807, 2.05) is 19.9 Å². The molecule has 112 valence electrons. The maximum absolute atomic E-state index is 13.8. The second-order valence-electron chi connectivity index (χ2n) is 5.61. The summed E-state index contributed by atoms with van der Waals surface area (Å²) in [6.07, 6.45) is 2.46. The molecular formula is C16H25FN2O. The predicted octanol–water partition coefficient (Wildman–Crippen LogP) is 3.16. The van der Waals surface area contributed by atoms with Crippen molar-refractivity contribution < 1.29 is 9.13 Å². The summed E-state index contributed by atoms with van der Waals surface area (Å²) in [5, 5.41) is 0. The second kappa shape index (κ2) is 6.55. The van der Waals surface area contributed by atoms with Crippen LogP contribution in [0, 0.1) is 12.7 Å². The van der Waals surface area contributed by atoms with Crippen molar-refractivity contribution in [3.63, 3.8) is 0 Å². The highest BCUT2D eigenvalue weighted by atomic mass is 19.1. The Hall–Kier alpha value is -1.13. The number of benzene rings is 1. The lowest BCUT2D eigenvalue weighted by molar-refractivity contribution is 0.0526. The van der Waals surface area contributed by atoms with Gasteiger partial charge >= 0.3 is 0 Å². The van der Waals surface area contributed by atoms with E-state index in [0.717, 1.165) is 43.8 Å². The van der Waals surface area contributed by atoms with Crippen LogP contribution in [0.4, 0.5) is 10.1 Å². The first-order valence-corrected chi connectivity index (χ1v) is 7.45. The largest absolute Gasteiger partial charge is 0.377 e. The van der Waals surface area contributed by atoms with E-state index in [4.69, 9.17) is 10.5 Å². The summed E-state index contributed by atoms with van der Waals surface area (Å²) in [5.41, 5.74) is 8.62. The van der Waals surface area contributed by atoms with Crippen LogP contribution in [-0.4, -0.2) is 25.8 Å². The number of nitrogens with zero attached hydrogens (tertiary/aromatic N) is 1. The molecule has 4 heteroatoms. The topological polar surface area (TPSA) is 38.5 Å². The highest BCUT2D eigenvalue weighted by Crippen LogP contribution is 2.30. The van der Waals surface area contributed by atoms with E-state index in [9.17, 15) is 4.39 Å². The Labute approximate surface area is 120 Å². The van der Waals surface area contributed by atoms with E-state index >= 15 is 0 Å². The molecular weight excluding hydrogens is 255 g/mol. The molecule has 1 heterocycles. The fraction of sp³-hybridized carbons (Fsp3) is 0.625. The van der Waals surface area contributed by atoms with Crippen LogP contribution >= 0.6 is 0 Å². The van der Waals surface area contributed by atoms with Gasteiger partial charge in [0.1, 0.15) is 5.82 Å². The summed E-state index contributed by atoms with van der Waals surface area (Å²) in [6, 6.07) is 3.33. The molecule has 0 radical (unpaired) electrons. The zero-order valence-electron chi connectivity index (χ0n) is 12.7. The Balaban J connectivity index is 2.28. The summed E-state index contributed by atoms with van der Waals surface area (Å²) in [5.74, 6) is -0.181. The molecule has 1 saturated heterocycles. The lowest BCUT2D eigenvalue weighted by atomic mass is 10.00. The van der Waals surface area contributed by atoms with Crippen molar-refractivity contribution in [1.82, 2.24) is 0 Å². The molecule has 1 aromatic carbocycles. The normalized spacial score (nSPS) is 21.1. The Morgan fingerprint density at radius 2 is 2.25 bits per heavy atom. The van der Waals surface area contributed by atoms with Gasteiger partial charge in [0.05, 0.1) is 6.10 Å². The van der Waals surface area contributed by atoms with Crippen molar-refractivity contribution in [3.8, 4) is 0 Å². The van der Waals surface area contributed by atoms with Crippen molar-refractivity contribution in [2.75, 3.05) is 24.6 Å². The minimum atomic E-state index is -0.181. The van der Waals surface area contributed by atoms with Gasteiger partial charge in [-0.25, -0.2) is 4.39 Å². The first-order chi connectivity index (χ1) is 9.52. The Kier molecular flexibility index (Phi) is 5.00. The molecule has 0 amide bonds. The summed E-state index contributed by atoms with van der Waals surface area (Å²) < 4.78 is 19.5. The standard InChI is InChI=1S/C16H25FN2O/c1-4-20-13-6-5-7-19(10-13)16-8-11(2)15(17)9-14(16)12(3)18/h8-9,12-13H,4-7,10,18H2,1-3H3. The summed E-state index contributed by atoms with van der Waals surface area (Å²) >= 11 is 0. The van der Waals surface area contributed by atoms with Gasteiger partial charge in [0.15, 0.2) is 0 Å². The van der Waals surface area contributed by atoms with E-state index in [1.54, 1.807) is 13.0 Å². The van der Waals surface area contributed by atoms with Gasteiger partial charge in [-0.05, 0) is 56.9 Å². The fourth-order valence-electron chi connectivity index (χ4n) is 2.85. The summed E-state index contributed by atoms with van der Waals surface area (Å²) in [6.45, 7) is 8.30. The molecule has 2 unspecified atom stereocenters. The number of piperidine rings is 1. The quantitative estimate of drug-likeness (QED) is 0.920. The number of anilines is 1. The van der Waals surface area contributed by atoms with Crippen LogP contribution in [-0.2, 0) is 4.74 Å². The third-order valence-electron chi connectivity index (χ3n) is 3.92. The van der Waals surface area contributed by atoms with Crippen LogP contribution in [0.5, 0.6) is 0 Å². The molecule has 0 saturated carbocycles. The lowest BCUT2D eigenvalue weighted by Gasteiger charge is -2.36. The molecule has 20 heavy (non-hydrogen) atoms. The van der Waals surface area contributed by atoms with Crippen molar-refractivity contribution >= 4 is 5.69 Å². The van der Waals surface area contributed by atoms with E-state index in [-0.39, 0.29) is 18.0 Å². The highest BCUT2D eigenvalue weighted by molar-refractivity contribution is 5.57. The predicted molar refractivity (Wildman–Crippen MR) is 80.6 cm³/mol. The molecule has 3 nitrogen and oxygen atoms in total.